The molecule has 2 heterocycles. The number of ketones is 1. The lowest BCUT2D eigenvalue weighted by molar-refractivity contribution is -0.123. The predicted octanol–water partition coefficient (Wildman–Crippen LogP) is 3.32. The van der Waals surface area contributed by atoms with E-state index >= 15 is 0 Å². The van der Waals surface area contributed by atoms with E-state index in [2.05, 4.69) is 33.9 Å². The molecule has 6 heteroatoms. The maximum absolute atomic E-state index is 12.4. The number of rotatable bonds is 5. The summed E-state index contributed by atoms with van der Waals surface area (Å²) in [5, 5.41) is -0.378. The molecule has 2 aliphatic heterocycles. The number of carbonyl (C=O) groups is 1. The lowest BCUT2D eigenvalue weighted by atomic mass is 9.93. The molecule has 0 aliphatic carbocycles. The molecule has 128 valence electrons. The highest BCUT2D eigenvalue weighted by atomic mass is 32.2. The van der Waals surface area contributed by atoms with Gasteiger partial charge >= 0.3 is 0 Å². The first kappa shape index (κ1) is 18.1. The minimum absolute atomic E-state index is 0.0657. The van der Waals surface area contributed by atoms with Crippen molar-refractivity contribution in [2.75, 3.05) is 6.61 Å². The van der Waals surface area contributed by atoms with Crippen LogP contribution in [-0.4, -0.2) is 39.6 Å². The Morgan fingerprint density at radius 3 is 2.09 bits per heavy atom. The van der Waals surface area contributed by atoms with Gasteiger partial charge in [-0.3, -0.25) is 4.79 Å². The average molecular weight is 347 g/mol. The minimum Gasteiger partial charge on any atom is -0.416 e. The first-order chi connectivity index (χ1) is 9.95. The minimum atomic E-state index is -2.94. The third-order valence-corrected chi connectivity index (χ3v) is 13.2. The largest absolute Gasteiger partial charge is 0.416 e. The highest BCUT2D eigenvalue weighted by Crippen LogP contribution is 2.42. The molecule has 0 spiro atoms. The zero-order chi connectivity index (χ0) is 16.8. The average Bonchev–Trinajstić information content (AvgIpc) is 2.56. The number of hydrogen-bond donors (Lipinski definition) is 0. The van der Waals surface area contributed by atoms with Crippen LogP contribution in [0.2, 0.25) is 18.1 Å². The molecule has 4 nitrogen and oxygen atoms in total. The normalized spacial score (nSPS) is 31.2. The van der Waals surface area contributed by atoms with Crippen molar-refractivity contribution in [2.24, 2.45) is 5.92 Å². The van der Waals surface area contributed by atoms with Gasteiger partial charge in [-0.25, -0.2) is 8.42 Å². The Bertz CT molecular complexity index is 513. The fourth-order valence-corrected chi connectivity index (χ4v) is 6.82. The molecule has 2 rings (SSSR count). The molecule has 0 radical (unpaired) electrons. The molecule has 2 saturated heterocycles. The van der Waals surface area contributed by atoms with E-state index in [1.165, 1.54) is 0 Å². The van der Waals surface area contributed by atoms with Gasteiger partial charge in [-0.05, 0) is 43.8 Å². The second kappa shape index (κ2) is 6.02. The molecule has 0 aromatic rings. The molecule has 0 aromatic heterocycles. The van der Waals surface area contributed by atoms with Gasteiger partial charge < -0.3 is 4.43 Å². The molecule has 0 aromatic carbocycles. The smallest absolute Gasteiger partial charge is 0.191 e. The van der Waals surface area contributed by atoms with Crippen LogP contribution in [0.3, 0.4) is 0 Å². The lowest BCUT2D eigenvalue weighted by Gasteiger charge is -2.36. The van der Waals surface area contributed by atoms with Crippen LogP contribution in [0, 0.1) is 5.92 Å². The Morgan fingerprint density at radius 1 is 1.14 bits per heavy atom. The summed E-state index contributed by atoms with van der Waals surface area (Å²) in [5.41, 5.74) is 0. The van der Waals surface area contributed by atoms with Crippen molar-refractivity contribution in [1.29, 1.82) is 0 Å². The fraction of sp³-hybridized carbons (Fsp3) is 0.938. The van der Waals surface area contributed by atoms with E-state index in [-0.39, 0.29) is 27.2 Å². The Balaban J connectivity index is 1.85. The van der Waals surface area contributed by atoms with Crippen LogP contribution in [0.1, 0.15) is 52.9 Å². The molecule has 2 bridgehead atoms. The van der Waals surface area contributed by atoms with Gasteiger partial charge in [0.2, 0.25) is 0 Å². The van der Waals surface area contributed by atoms with E-state index in [0.717, 1.165) is 12.8 Å². The standard InChI is InChI=1S/C16H30O4SSi/c1-16(2,3)22(4,5)20-9-8-15(17)12-10-13-6-7-14(11-12)21(13,18)19/h12-14H,6-11H2,1-5H3. The fourth-order valence-electron chi connectivity index (χ4n) is 3.30. The number of hydrogen-bond acceptors (Lipinski definition) is 4. The Morgan fingerprint density at radius 2 is 1.64 bits per heavy atom. The summed E-state index contributed by atoms with van der Waals surface area (Å²) in [5.74, 6) is 0.134. The van der Waals surface area contributed by atoms with Gasteiger partial charge in [-0.2, -0.15) is 0 Å². The van der Waals surface area contributed by atoms with Crippen molar-refractivity contribution < 1.29 is 17.6 Å². The highest BCUT2D eigenvalue weighted by molar-refractivity contribution is 7.93. The number of Topliss-reactive ketones (excluding diaryl/α,β-unsaturated/α-hetero) is 1. The van der Waals surface area contributed by atoms with Crippen LogP contribution in [0.15, 0.2) is 0 Å². The Kier molecular flexibility index (Phi) is 4.96. The van der Waals surface area contributed by atoms with Crippen LogP contribution in [0.4, 0.5) is 0 Å². The van der Waals surface area contributed by atoms with Crippen LogP contribution in [-0.2, 0) is 19.1 Å². The van der Waals surface area contributed by atoms with Crippen LogP contribution in [0.5, 0.6) is 0 Å². The highest BCUT2D eigenvalue weighted by Gasteiger charge is 2.48. The molecule has 22 heavy (non-hydrogen) atoms. The predicted molar refractivity (Wildman–Crippen MR) is 91.2 cm³/mol. The van der Waals surface area contributed by atoms with Crippen LogP contribution >= 0.6 is 0 Å². The van der Waals surface area contributed by atoms with Crippen LogP contribution < -0.4 is 0 Å². The topological polar surface area (TPSA) is 60.4 Å². The maximum Gasteiger partial charge on any atom is 0.191 e. The number of fused-ring (bicyclic) bond motifs is 2. The summed E-state index contributed by atoms with van der Waals surface area (Å²) in [6.45, 7) is 11.4. The van der Waals surface area contributed by atoms with Gasteiger partial charge in [0, 0.05) is 18.9 Å². The SMILES string of the molecule is CC(C)(C)[Si](C)(C)OCCC(=O)C1CC2CCC(C1)S2(=O)=O. The first-order valence-corrected chi connectivity index (χ1v) is 12.9. The Hall–Kier alpha value is -0.203. The monoisotopic (exact) mass is 346 g/mol. The Labute approximate surface area is 136 Å². The first-order valence-electron chi connectivity index (χ1n) is 8.34. The molecule has 2 unspecified atom stereocenters. The van der Waals surface area contributed by atoms with E-state index in [1.54, 1.807) is 0 Å². The van der Waals surface area contributed by atoms with Crippen molar-refractivity contribution in [3.63, 3.8) is 0 Å². The summed E-state index contributed by atoms with van der Waals surface area (Å²) in [4.78, 5) is 12.4. The van der Waals surface area contributed by atoms with Gasteiger partial charge in [0.15, 0.2) is 18.2 Å². The molecule has 2 atom stereocenters. The second-order valence-corrected chi connectivity index (χ2v) is 15.7. The molecule has 2 aliphatic rings. The maximum atomic E-state index is 12.4. The van der Waals surface area contributed by atoms with E-state index in [4.69, 9.17) is 4.43 Å². The molecule has 0 amide bonds. The van der Waals surface area contributed by atoms with E-state index in [9.17, 15) is 13.2 Å². The van der Waals surface area contributed by atoms with Crippen LogP contribution in [0.25, 0.3) is 0 Å². The zero-order valence-corrected chi connectivity index (χ0v) is 16.3. The molecule has 2 fully saturated rings. The quantitative estimate of drug-likeness (QED) is 0.717. The third-order valence-electron chi connectivity index (χ3n) is 5.91. The van der Waals surface area contributed by atoms with Gasteiger partial charge in [0.1, 0.15) is 5.78 Å². The molecular weight excluding hydrogens is 316 g/mol. The summed E-state index contributed by atoms with van der Waals surface area (Å²) < 4.78 is 30.2. The number of carbonyl (C=O) groups excluding carboxylic acids is 1. The zero-order valence-electron chi connectivity index (χ0n) is 14.5. The summed E-state index contributed by atoms with van der Waals surface area (Å²) in [6, 6.07) is 0. The molecular formula is C16H30O4SSi. The summed E-state index contributed by atoms with van der Waals surface area (Å²) in [7, 11) is -4.74. The third kappa shape index (κ3) is 3.49. The van der Waals surface area contributed by atoms with Crippen molar-refractivity contribution in [1.82, 2.24) is 0 Å². The molecule has 0 N–H and O–H groups in total. The van der Waals surface area contributed by atoms with E-state index in [0.29, 0.717) is 25.9 Å². The summed E-state index contributed by atoms with van der Waals surface area (Å²) in [6.07, 6.45) is 3.00. The van der Waals surface area contributed by atoms with Gasteiger partial charge in [0.25, 0.3) is 0 Å². The molecule has 0 saturated carbocycles. The lowest BCUT2D eigenvalue weighted by Crippen LogP contribution is -2.41. The van der Waals surface area contributed by atoms with E-state index in [1.807, 2.05) is 0 Å². The second-order valence-electron chi connectivity index (χ2n) is 8.40. The van der Waals surface area contributed by atoms with Crippen molar-refractivity contribution in [3.8, 4) is 0 Å². The van der Waals surface area contributed by atoms with Crippen molar-refractivity contribution in [3.05, 3.63) is 0 Å². The number of sulfone groups is 1. The summed E-state index contributed by atoms with van der Waals surface area (Å²) >= 11 is 0. The van der Waals surface area contributed by atoms with Gasteiger partial charge in [0.05, 0.1) is 10.5 Å². The van der Waals surface area contributed by atoms with Gasteiger partial charge in [-0.1, -0.05) is 20.8 Å². The van der Waals surface area contributed by atoms with Crippen molar-refractivity contribution in [2.45, 2.75) is 81.5 Å². The van der Waals surface area contributed by atoms with Crippen molar-refractivity contribution >= 4 is 23.9 Å². The van der Waals surface area contributed by atoms with Gasteiger partial charge in [-0.15, -0.1) is 0 Å². The van der Waals surface area contributed by atoms with E-state index < -0.39 is 18.2 Å².